The summed E-state index contributed by atoms with van der Waals surface area (Å²) in [4.78, 5) is 19.8. The molecule has 2 N–H and O–H groups in total. The molecule has 3 rings (SSSR count). The van der Waals surface area contributed by atoms with Crippen molar-refractivity contribution in [1.82, 2.24) is 15.3 Å². The fraction of sp³-hybridized carbons (Fsp3) is 0.412. The molecule has 0 saturated carbocycles. The van der Waals surface area contributed by atoms with Gasteiger partial charge >= 0.3 is 0 Å². The van der Waals surface area contributed by atoms with Crippen molar-refractivity contribution in [3.8, 4) is 5.75 Å². The van der Waals surface area contributed by atoms with Gasteiger partial charge in [-0.25, -0.2) is 4.98 Å². The van der Waals surface area contributed by atoms with Crippen LogP contribution < -0.4 is 10.1 Å². The number of carbonyl (C=O) groups is 1. The number of nitrogens with zero attached hydrogens (tertiary/aromatic N) is 1. The Balaban J connectivity index is 1.86. The monoisotopic (exact) mass is 315 g/mol. The minimum Gasteiger partial charge on any atom is -0.497 e. The first-order valence-electron chi connectivity index (χ1n) is 7.79. The van der Waals surface area contributed by atoms with Gasteiger partial charge in [0, 0.05) is 24.8 Å². The molecule has 1 aromatic heterocycles. The van der Waals surface area contributed by atoms with Crippen LogP contribution in [0, 0.1) is 0 Å². The van der Waals surface area contributed by atoms with Crippen molar-refractivity contribution in [2.45, 2.75) is 25.9 Å². The molecule has 1 atom stereocenters. The summed E-state index contributed by atoms with van der Waals surface area (Å²) in [5.74, 6) is 1.55. The molecule has 6 nitrogen and oxygen atoms in total. The number of aromatic nitrogens is 2. The van der Waals surface area contributed by atoms with Crippen molar-refractivity contribution < 1.29 is 14.3 Å². The van der Waals surface area contributed by atoms with Gasteiger partial charge in [0.1, 0.15) is 23.9 Å². The van der Waals surface area contributed by atoms with Crippen molar-refractivity contribution in [1.29, 1.82) is 0 Å². The molecule has 1 amide bonds. The topological polar surface area (TPSA) is 76.2 Å². The van der Waals surface area contributed by atoms with E-state index in [0.29, 0.717) is 31.3 Å². The molecule has 1 aromatic carbocycles. The molecule has 2 aromatic rings. The van der Waals surface area contributed by atoms with Gasteiger partial charge in [-0.2, -0.15) is 0 Å². The predicted octanol–water partition coefficient (Wildman–Crippen LogP) is 2.02. The number of fused-ring (bicyclic) bond motifs is 1. The average molecular weight is 315 g/mol. The van der Waals surface area contributed by atoms with Crippen LogP contribution in [-0.4, -0.2) is 36.1 Å². The maximum absolute atomic E-state index is 12.2. The third-order valence-electron chi connectivity index (χ3n) is 4.01. The molecule has 2 heterocycles. The van der Waals surface area contributed by atoms with E-state index < -0.39 is 0 Å². The number of imidazole rings is 1. The lowest BCUT2D eigenvalue weighted by Gasteiger charge is -2.15. The standard InChI is InChI=1S/C17H21N3O3/c1-3-23-10-15-19-14-8-12(9-18-17(21)16(14)20-15)11-5-4-6-13(7-11)22-2/h4-7,12H,3,8-10H2,1-2H3,(H,18,21)(H,19,20). The van der Waals surface area contributed by atoms with Gasteiger partial charge in [0.15, 0.2) is 0 Å². The molecule has 23 heavy (non-hydrogen) atoms. The van der Waals surface area contributed by atoms with Crippen molar-refractivity contribution >= 4 is 5.91 Å². The maximum Gasteiger partial charge on any atom is 0.271 e. The summed E-state index contributed by atoms with van der Waals surface area (Å²) in [5, 5.41) is 2.95. The van der Waals surface area contributed by atoms with Gasteiger partial charge in [0.2, 0.25) is 0 Å². The number of amides is 1. The summed E-state index contributed by atoms with van der Waals surface area (Å²) in [6.07, 6.45) is 0.723. The highest BCUT2D eigenvalue weighted by atomic mass is 16.5. The Morgan fingerprint density at radius 1 is 1.39 bits per heavy atom. The normalized spacial score (nSPS) is 17.3. The second-order valence-electron chi connectivity index (χ2n) is 5.54. The van der Waals surface area contributed by atoms with Crippen LogP contribution >= 0.6 is 0 Å². The summed E-state index contributed by atoms with van der Waals surface area (Å²) >= 11 is 0. The van der Waals surface area contributed by atoms with Crippen LogP contribution in [0.1, 0.15) is 40.4 Å². The molecule has 6 heteroatoms. The van der Waals surface area contributed by atoms with E-state index in [4.69, 9.17) is 9.47 Å². The summed E-state index contributed by atoms with van der Waals surface area (Å²) in [7, 11) is 1.65. The van der Waals surface area contributed by atoms with E-state index in [0.717, 1.165) is 23.4 Å². The highest BCUT2D eigenvalue weighted by molar-refractivity contribution is 5.94. The molecule has 0 saturated heterocycles. The van der Waals surface area contributed by atoms with Crippen molar-refractivity contribution in [3.05, 3.63) is 47.0 Å². The molecule has 0 fully saturated rings. The molecule has 0 bridgehead atoms. The minimum atomic E-state index is -0.135. The summed E-state index contributed by atoms with van der Waals surface area (Å²) in [5.41, 5.74) is 2.48. The first-order chi connectivity index (χ1) is 11.2. The molecule has 0 aliphatic carbocycles. The van der Waals surface area contributed by atoms with E-state index in [1.54, 1.807) is 7.11 Å². The molecule has 122 valence electrons. The molecule has 1 unspecified atom stereocenters. The maximum atomic E-state index is 12.2. The number of hydrogen-bond donors (Lipinski definition) is 2. The van der Waals surface area contributed by atoms with E-state index in [1.165, 1.54) is 0 Å². The number of carbonyl (C=O) groups excluding carboxylic acids is 1. The van der Waals surface area contributed by atoms with Crippen LogP contribution in [0.3, 0.4) is 0 Å². The average Bonchev–Trinajstić information content (AvgIpc) is 2.92. The summed E-state index contributed by atoms with van der Waals surface area (Å²) in [6, 6.07) is 7.96. The van der Waals surface area contributed by atoms with E-state index in [9.17, 15) is 4.79 Å². The van der Waals surface area contributed by atoms with Gasteiger partial charge in [-0.1, -0.05) is 12.1 Å². The number of ether oxygens (including phenoxy) is 2. The largest absolute Gasteiger partial charge is 0.497 e. The number of H-pyrrole nitrogens is 1. The fourth-order valence-electron chi connectivity index (χ4n) is 2.82. The number of nitrogens with one attached hydrogen (secondary N) is 2. The number of hydrogen-bond acceptors (Lipinski definition) is 4. The predicted molar refractivity (Wildman–Crippen MR) is 85.7 cm³/mol. The Morgan fingerprint density at radius 3 is 3.04 bits per heavy atom. The van der Waals surface area contributed by atoms with Crippen LogP contribution in [0.15, 0.2) is 24.3 Å². The highest BCUT2D eigenvalue weighted by Gasteiger charge is 2.26. The molecule has 1 aliphatic heterocycles. The SMILES string of the molecule is CCOCc1nc2c([nH]1)CC(c1cccc(OC)c1)CNC2=O. The van der Waals surface area contributed by atoms with Crippen LogP contribution in [0.2, 0.25) is 0 Å². The van der Waals surface area contributed by atoms with Gasteiger partial charge in [-0.05, 0) is 31.0 Å². The zero-order valence-corrected chi connectivity index (χ0v) is 13.4. The van der Waals surface area contributed by atoms with E-state index in [2.05, 4.69) is 21.4 Å². The van der Waals surface area contributed by atoms with Crippen LogP contribution in [-0.2, 0) is 17.8 Å². The number of aromatic amines is 1. The third-order valence-corrected chi connectivity index (χ3v) is 4.01. The van der Waals surface area contributed by atoms with Crippen molar-refractivity contribution in [2.75, 3.05) is 20.3 Å². The Labute approximate surface area is 135 Å². The number of methoxy groups -OCH3 is 1. The quantitative estimate of drug-likeness (QED) is 0.885. The molecule has 0 spiro atoms. The van der Waals surface area contributed by atoms with Crippen molar-refractivity contribution in [3.63, 3.8) is 0 Å². The van der Waals surface area contributed by atoms with E-state index >= 15 is 0 Å². The smallest absolute Gasteiger partial charge is 0.271 e. The van der Waals surface area contributed by atoms with Gasteiger partial charge in [0.25, 0.3) is 5.91 Å². The fourth-order valence-corrected chi connectivity index (χ4v) is 2.82. The lowest BCUT2D eigenvalue weighted by atomic mass is 9.94. The molecular formula is C17H21N3O3. The Hall–Kier alpha value is -2.34. The third kappa shape index (κ3) is 3.37. The number of rotatable bonds is 5. The van der Waals surface area contributed by atoms with E-state index in [-0.39, 0.29) is 11.8 Å². The lowest BCUT2D eigenvalue weighted by molar-refractivity contribution is 0.0949. The Kier molecular flexibility index (Phi) is 4.62. The second kappa shape index (κ2) is 6.83. The highest BCUT2D eigenvalue weighted by Crippen LogP contribution is 2.26. The van der Waals surface area contributed by atoms with Gasteiger partial charge in [-0.3, -0.25) is 4.79 Å². The Bertz CT molecular complexity index is 696. The summed E-state index contributed by atoms with van der Waals surface area (Å²) in [6.45, 7) is 3.51. The lowest BCUT2D eigenvalue weighted by Crippen LogP contribution is -2.26. The van der Waals surface area contributed by atoms with Gasteiger partial charge in [-0.15, -0.1) is 0 Å². The first kappa shape index (κ1) is 15.6. The van der Waals surface area contributed by atoms with Gasteiger partial charge in [0.05, 0.1) is 7.11 Å². The Morgan fingerprint density at radius 2 is 2.26 bits per heavy atom. The number of benzene rings is 1. The zero-order valence-electron chi connectivity index (χ0n) is 13.4. The zero-order chi connectivity index (χ0) is 16.2. The molecule has 0 radical (unpaired) electrons. The molecule has 1 aliphatic rings. The van der Waals surface area contributed by atoms with Crippen LogP contribution in [0.25, 0.3) is 0 Å². The summed E-state index contributed by atoms with van der Waals surface area (Å²) < 4.78 is 10.7. The van der Waals surface area contributed by atoms with Crippen LogP contribution in [0.5, 0.6) is 5.75 Å². The van der Waals surface area contributed by atoms with Crippen LogP contribution in [0.4, 0.5) is 0 Å². The van der Waals surface area contributed by atoms with E-state index in [1.807, 2.05) is 25.1 Å². The minimum absolute atomic E-state index is 0.135. The molecular weight excluding hydrogens is 294 g/mol. The first-order valence-corrected chi connectivity index (χ1v) is 7.79. The second-order valence-corrected chi connectivity index (χ2v) is 5.54. The van der Waals surface area contributed by atoms with Crippen molar-refractivity contribution in [2.24, 2.45) is 0 Å². The van der Waals surface area contributed by atoms with Gasteiger partial charge < -0.3 is 19.8 Å².